The van der Waals surface area contributed by atoms with E-state index in [1.165, 1.54) is 33.5 Å². The van der Waals surface area contributed by atoms with Crippen molar-refractivity contribution in [3.8, 4) is 11.3 Å². The zero-order valence-electron chi connectivity index (χ0n) is 29.5. The number of benzene rings is 3. The molecule has 0 atom stereocenters. The number of aliphatic hydroxyl groups is 1. The third-order valence-corrected chi connectivity index (χ3v) is 9.66. The van der Waals surface area contributed by atoms with Crippen LogP contribution in [-0.4, -0.2) is 20.9 Å². The maximum atomic E-state index is 12.2. The summed E-state index contributed by atoms with van der Waals surface area (Å²) in [6, 6.07) is 16.7. The second-order valence-corrected chi connectivity index (χ2v) is 13.4. The largest absolute Gasteiger partial charge is 0.512 e. The third-order valence-electron chi connectivity index (χ3n) is 9.66. The Kier molecular flexibility index (Phi) is 13.3. The van der Waals surface area contributed by atoms with Crippen LogP contribution in [0, 0.1) is 44.6 Å². The molecule has 0 unspecified atom stereocenters. The minimum Gasteiger partial charge on any atom is -0.512 e. The maximum Gasteiger partial charge on any atom is 0.164 e. The van der Waals surface area contributed by atoms with Crippen LogP contribution in [0.4, 0.5) is 0 Å². The van der Waals surface area contributed by atoms with Crippen molar-refractivity contribution in [2.45, 2.75) is 115 Å². The average Bonchev–Trinajstić information content (AvgIpc) is 2.98. The van der Waals surface area contributed by atoms with Crippen molar-refractivity contribution in [3.63, 3.8) is 0 Å². The van der Waals surface area contributed by atoms with Crippen molar-refractivity contribution in [2.75, 3.05) is 0 Å². The van der Waals surface area contributed by atoms with Crippen LogP contribution in [0.25, 0.3) is 32.9 Å². The minimum absolute atomic E-state index is 0. The molecule has 0 fully saturated rings. The summed E-state index contributed by atoms with van der Waals surface area (Å²) >= 11 is 0. The summed E-state index contributed by atoms with van der Waals surface area (Å²) in [5.74, 6) is 1.44. The smallest absolute Gasteiger partial charge is 0.164 e. The van der Waals surface area contributed by atoms with Gasteiger partial charge in [0.25, 0.3) is 0 Å². The van der Waals surface area contributed by atoms with Gasteiger partial charge in [0.05, 0.1) is 5.52 Å². The summed E-state index contributed by atoms with van der Waals surface area (Å²) in [5, 5.41) is 13.7. The molecule has 0 aliphatic rings. The monoisotopic (exact) mass is 786 g/mol. The minimum atomic E-state index is -0.337. The normalized spacial score (nSPS) is 12.2. The van der Waals surface area contributed by atoms with Gasteiger partial charge >= 0.3 is 0 Å². The molecule has 0 aliphatic carbocycles. The van der Waals surface area contributed by atoms with Crippen LogP contribution in [0.5, 0.6) is 0 Å². The van der Waals surface area contributed by atoms with E-state index in [-0.39, 0.29) is 48.4 Å². The molecule has 4 aromatic rings. The molecule has 0 saturated carbocycles. The van der Waals surface area contributed by atoms with Gasteiger partial charge in [-0.15, -0.1) is 34.9 Å². The molecule has 0 spiro atoms. The second-order valence-electron chi connectivity index (χ2n) is 13.4. The topological polar surface area (TPSA) is 63.1 Å². The fraction of sp³-hybridized carbons (Fsp3) is 0.475. The van der Waals surface area contributed by atoms with Crippen LogP contribution in [0.3, 0.4) is 0 Å². The number of aromatic nitrogens is 2. The van der Waals surface area contributed by atoms with Crippen LogP contribution in [0.1, 0.15) is 115 Å². The molecule has 1 radical (unpaired) electrons. The number of hydrogen-bond acceptors (Lipinski definition) is 4. The molecule has 0 amide bonds. The number of ketones is 1. The van der Waals surface area contributed by atoms with E-state index in [1.807, 2.05) is 41.5 Å². The quantitative estimate of drug-likeness (QED) is 0.0794. The van der Waals surface area contributed by atoms with Crippen LogP contribution in [0.15, 0.2) is 48.2 Å². The number of carbonyl (C=O) groups is 1. The van der Waals surface area contributed by atoms with Crippen molar-refractivity contribution < 1.29 is 30.0 Å². The Morgan fingerprint density at radius 1 is 0.867 bits per heavy atom. The van der Waals surface area contributed by atoms with E-state index in [0.717, 1.165) is 59.2 Å². The molecule has 4 nitrogen and oxygen atoms in total. The fourth-order valence-corrected chi connectivity index (χ4v) is 5.63. The first kappa shape index (κ1) is 38.3. The van der Waals surface area contributed by atoms with Gasteiger partial charge in [-0.2, -0.15) is 0 Å². The number of carbonyl (C=O) groups excluding carboxylic acids is 1. The van der Waals surface area contributed by atoms with E-state index in [4.69, 9.17) is 9.97 Å². The Balaban J connectivity index is 0.000000343. The van der Waals surface area contributed by atoms with Crippen LogP contribution >= 0.6 is 0 Å². The van der Waals surface area contributed by atoms with E-state index < -0.39 is 0 Å². The Bertz CT molecular complexity index is 1660. The van der Waals surface area contributed by atoms with Gasteiger partial charge in [0.2, 0.25) is 0 Å². The van der Waals surface area contributed by atoms with Gasteiger partial charge in [-0.05, 0) is 61.6 Å². The third kappa shape index (κ3) is 8.48. The van der Waals surface area contributed by atoms with E-state index in [0.29, 0.717) is 0 Å². The molecule has 5 heteroatoms. The van der Waals surface area contributed by atoms with Crippen LogP contribution < -0.4 is 0 Å². The van der Waals surface area contributed by atoms with Gasteiger partial charge in [0.1, 0.15) is 11.6 Å². The molecular weight excluding hydrogens is 733 g/mol. The summed E-state index contributed by atoms with van der Waals surface area (Å²) < 4.78 is 0. The van der Waals surface area contributed by atoms with Gasteiger partial charge in [0.15, 0.2) is 5.78 Å². The van der Waals surface area contributed by atoms with Crippen LogP contribution in [-0.2, 0) is 24.9 Å². The summed E-state index contributed by atoms with van der Waals surface area (Å²) in [4.78, 5) is 22.1. The fourth-order valence-electron chi connectivity index (χ4n) is 5.63. The number of nitrogens with zero attached hydrogens (tertiary/aromatic N) is 2. The summed E-state index contributed by atoms with van der Waals surface area (Å²) in [6.07, 6.45) is 4.75. The standard InChI is InChI=1S/C25H25N2.C15H28O2.Ir/c1-14(2)25-26-23(20-12-15(3)9-16(4)13-20)21-8-7-19-11-17(5)10-18(6)22(19)24(21)27-25;1-7-14(5,8-2)12(16)11-13(17)15(6,9-3)10-4;/h7-12,14H,1-6H3;11,16H,7-10H2,1-6H3;/q-1;;/b;12-11-;. The van der Waals surface area contributed by atoms with E-state index in [1.54, 1.807) is 0 Å². The first-order chi connectivity index (χ1) is 20.6. The zero-order chi connectivity index (χ0) is 33.0. The molecule has 245 valence electrons. The zero-order valence-corrected chi connectivity index (χ0v) is 31.9. The number of allylic oxidation sites excluding steroid dienone is 2. The Labute approximate surface area is 285 Å². The Morgan fingerprint density at radius 2 is 1.44 bits per heavy atom. The maximum absolute atomic E-state index is 12.2. The molecule has 4 rings (SSSR count). The van der Waals surface area contributed by atoms with Gasteiger partial charge in [-0.25, -0.2) is 4.98 Å². The Morgan fingerprint density at radius 3 is 1.98 bits per heavy atom. The van der Waals surface area contributed by atoms with E-state index in [2.05, 4.69) is 84.0 Å². The van der Waals surface area contributed by atoms with Crippen LogP contribution in [0.2, 0.25) is 0 Å². The van der Waals surface area contributed by atoms with E-state index in [9.17, 15) is 9.90 Å². The number of aliphatic hydroxyl groups excluding tert-OH is 1. The average molecular weight is 786 g/mol. The molecule has 45 heavy (non-hydrogen) atoms. The molecule has 1 heterocycles. The first-order valence-corrected chi connectivity index (χ1v) is 16.3. The molecule has 0 aliphatic heterocycles. The van der Waals surface area contributed by atoms with Crippen molar-refractivity contribution in [2.24, 2.45) is 10.8 Å². The summed E-state index contributed by atoms with van der Waals surface area (Å²) in [7, 11) is 0. The molecule has 1 N–H and O–H groups in total. The predicted octanol–water partition coefficient (Wildman–Crippen LogP) is 11.3. The number of hydrogen-bond donors (Lipinski definition) is 1. The van der Waals surface area contributed by atoms with Crippen molar-refractivity contribution >= 4 is 27.5 Å². The molecule has 1 aromatic heterocycles. The SMILES string of the molecule is CCC(C)(CC)C(=O)/C=C(\O)C(C)(CC)CC.Cc1[c-]c(-c2nc(C(C)C)nc3c2ccc2cc(C)cc(C)c23)cc(C)c1.[Ir]. The number of aryl methyl sites for hydroxylation is 4. The molecule has 3 aromatic carbocycles. The molecule has 0 bridgehead atoms. The van der Waals surface area contributed by atoms with Crippen molar-refractivity contribution in [1.29, 1.82) is 0 Å². The summed E-state index contributed by atoms with van der Waals surface area (Å²) in [6.45, 7) is 24.9. The van der Waals surface area contributed by atoms with Crippen molar-refractivity contribution in [3.05, 3.63) is 82.4 Å². The summed E-state index contributed by atoms with van der Waals surface area (Å²) in [5.41, 5.74) is 7.38. The van der Waals surface area contributed by atoms with Gasteiger partial charge < -0.3 is 5.11 Å². The predicted molar refractivity (Wildman–Crippen MR) is 187 cm³/mol. The molecule has 0 saturated heterocycles. The molecular formula is C40H53IrN2O2-. The van der Waals surface area contributed by atoms with Gasteiger partial charge in [-0.3, -0.25) is 9.78 Å². The Hall–Kier alpha value is -2.88. The van der Waals surface area contributed by atoms with Gasteiger partial charge in [-0.1, -0.05) is 99.1 Å². The van der Waals surface area contributed by atoms with E-state index >= 15 is 0 Å². The number of fused-ring (bicyclic) bond motifs is 3. The first-order valence-electron chi connectivity index (χ1n) is 16.3. The van der Waals surface area contributed by atoms with Crippen molar-refractivity contribution in [1.82, 2.24) is 9.97 Å². The number of rotatable bonds is 9. The van der Waals surface area contributed by atoms with Gasteiger partial charge in [0, 0.05) is 48.3 Å². The second kappa shape index (κ2) is 15.6.